The number of anilines is 1. The number of hydrogen-bond acceptors (Lipinski definition) is 7. The van der Waals surface area contributed by atoms with Crippen molar-refractivity contribution in [2.24, 2.45) is 5.73 Å². The van der Waals surface area contributed by atoms with E-state index < -0.39 is 17.8 Å². The van der Waals surface area contributed by atoms with E-state index in [0.717, 1.165) is 48.6 Å². The molecule has 0 spiro atoms. The molecule has 4 aromatic heterocycles. The van der Waals surface area contributed by atoms with Crippen LogP contribution in [0, 0.1) is 5.82 Å². The number of aromatic nitrogens is 6. The summed E-state index contributed by atoms with van der Waals surface area (Å²) in [6, 6.07) is 7.89. The molecule has 4 heterocycles. The van der Waals surface area contributed by atoms with Crippen LogP contribution >= 0.6 is 0 Å². The second-order valence-electron chi connectivity index (χ2n) is 8.85. The van der Waals surface area contributed by atoms with Gasteiger partial charge in [-0.1, -0.05) is 19.8 Å². The Morgan fingerprint density at radius 2 is 1.97 bits per heavy atom. The third kappa shape index (κ3) is 4.67. The monoisotopic (exact) mass is 502 g/mol. The van der Waals surface area contributed by atoms with E-state index in [1.165, 1.54) is 6.07 Å². The van der Waals surface area contributed by atoms with E-state index in [0.29, 0.717) is 11.1 Å². The number of hydrogen-bond donors (Lipinski definition) is 2. The zero-order valence-corrected chi connectivity index (χ0v) is 20.6. The molecule has 0 aliphatic heterocycles. The van der Waals surface area contributed by atoms with Gasteiger partial charge < -0.3 is 16.2 Å². The molecule has 1 atom stereocenters. The van der Waals surface area contributed by atoms with Crippen molar-refractivity contribution >= 4 is 33.7 Å². The molecule has 0 aliphatic rings. The lowest BCUT2D eigenvalue weighted by Gasteiger charge is -2.19. The third-order valence-corrected chi connectivity index (χ3v) is 6.20. The molecular formula is C26H27FN8O2. The quantitative estimate of drug-likeness (QED) is 0.286. The van der Waals surface area contributed by atoms with Gasteiger partial charge in [0.2, 0.25) is 0 Å². The van der Waals surface area contributed by atoms with Crippen molar-refractivity contribution in [3.8, 4) is 11.4 Å². The lowest BCUT2D eigenvalue weighted by molar-refractivity contribution is 0.0996. The number of rotatable bonds is 9. The van der Waals surface area contributed by atoms with Gasteiger partial charge in [0.15, 0.2) is 17.2 Å². The van der Waals surface area contributed by atoms with Gasteiger partial charge in [-0.3, -0.25) is 4.79 Å². The number of ether oxygens (including phenoxy) is 1. The number of carbonyl (C=O) groups excluding carboxylic acids is 1. The van der Waals surface area contributed by atoms with Crippen molar-refractivity contribution < 1.29 is 13.9 Å². The predicted molar refractivity (Wildman–Crippen MR) is 138 cm³/mol. The number of nitrogens with zero attached hydrogens (tertiary/aromatic N) is 6. The first-order valence-electron chi connectivity index (χ1n) is 12.1. The third-order valence-electron chi connectivity index (χ3n) is 6.20. The van der Waals surface area contributed by atoms with E-state index in [1.807, 2.05) is 29.9 Å². The Hall–Kier alpha value is -4.54. The average Bonchev–Trinajstić information content (AvgIpc) is 3.54. The Morgan fingerprint density at radius 1 is 1.14 bits per heavy atom. The van der Waals surface area contributed by atoms with E-state index in [4.69, 9.17) is 21.2 Å². The van der Waals surface area contributed by atoms with Gasteiger partial charge >= 0.3 is 0 Å². The van der Waals surface area contributed by atoms with Crippen molar-refractivity contribution in [3.05, 3.63) is 66.0 Å². The smallest absolute Gasteiger partial charge is 0.251 e. The minimum atomic E-state index is -0.871. The van der Waals surface area contributed by atoms with Gasteiger partial charge in [0, 0.05) is 35.8 Å². The minimum absolute atomic E-state index is 0.0805. The summed E-state index contributed by atoms with van der Waals surface area (Å²) in [5.74, 6) is -1.28. The summed E-state index contributed by atoms with van der Waals surface area (Å²) in [7, 11) is 0. The number of unbranched alkanes of at least 4 members (excludes halogenated alkanes) is 2. The summed E-state index contributed by atoms with van der Waals surface area (Å²) in [5.41, 5.74) is 13.6. The number of amides is 1. The van der Waals surface area contributed by atoms with Gasteiger partial charge in [-0.05, 0) is 37.6 Å². The number of halogens is 1. The van der Waals surface area contributed by atoms with E-state index >= 15 is 0 Å². The highest BCUT2D eigenvalue weighted by Crippen LogP contribution is 2.33. The van der Waals surface area contributed by atoms with Crippen LogP contribution in [0.3, 0.4) is 0 Å². The van der Waals surface area contributed by atoms with Crippen LogP contribution in [-0.2, 0) is 6.54 Å². The number of fused-ring (bicyclic) bond motifs is 2. The predicted octanol–water partition coefficient (Wildman–Crippen LogP) is 4.32. The molecule has 0 fully saturated rings. The van der Waals surface area contributed by atoms with Crippen molar-refractivity contribution in [3.63, 3.8) is 0 Å². The number of carbonyl (C=O) groups is 1. The summed E-state index contributed by atoms with van der Waals surface area (Å²) >= 11 is 0. The Kier molecular flexibility index (Phi) is 6.43. The maximum atomic E-state index is 14.2. The molecule has 11 heteroatoms. The summed E-state index contributed by atoms with van der Waals surface area (Å²) < 4.78 is 24.1. The normalized spacial score (nSPS) is 12.3. The zero-order chi connectivity index (χ0) is 26.1. The molecular weight excluding hydrogens is 475 g/mol. The Labute approximate surface area is 212 Å². The lowest BCUT2D eigenvalue weighted by Crippen LogP contribution is -2.14. The van der Waals surface area contributed by atoms with Crippen molar-refractivity contribution in [2.45, 2.75) is 45.8 Å². The molecule has 37 heavy (non-hydrogen) atoms. The Bertz CT molecular complexity index is 1600. The SMILES string of the molecule is CCCCCn1ncc2cc(-n3cccn3)c([C@H](C)Oc3cc4cc(C(N)=O)c(F)cc4nc3N)nc21. The van der Waals surface area contributed by atoms with Gasteiger partial charge in [0.25, 0.3) is 5.91 Å². The molecule has 5 rings (SSSR count). The maximum absolute atomic E-state index is 14.2. The summed E-state index contributed by atoms with van der Waals surface area (Å²) in [6.45, 7) is 4.77. The van der Waals surface area contributed by atoms with Crippen LogP contribution in [0.25, 0.3) is 27.6 Å². The molecule has 0 unspecified atom stereocenters. The molecule has 1 amide bonds. The topological polar surface area (TPSA) is 140 Å². The van der Waals surface area contributed by atoms with E-state index in [1.54, 1.807) is 23.1 Å². The summed E-state index contributed by atoms with van der Waals surface area (Å²) in [4.78, 5) is 20.8. The molecule has 0 aliphatic carbocycles. The van der Waals surface area contributed by atoms with Crippen LogP contribution < -0.4 is 16.2 Å². The first-order chi connectivity index (χ1) is 17.9. The molecule has 0 saturated heterocycles. The fourth-order valence-electron chi connectivity index (χ4n) is 4.30. The number of nitrogens with two attached hydrogens (primary N) is 2. The largest absolute Gasteiger partial charge is 0.480 e. The van der Waals surface area contributed by atoms with E-state index in [-0.39, 0.29) is 22.6 Å². The number of nitrogen functional groups attached to an aromatic ring is 1. The van der Waals surface area contributed by atoms with Gasteiger partial charge in [-0.25, -0.2) is 23.7 Å². The number of pyridine rings is 2. The van der Waals surface area contributed by atoms with E-state index in [9.17, 15) is 9.18 Å². The molecule has 190 valence electrons. The molecule has 4 N–H and O–H groups in total. The molecule has 0 saturated carbocycles. The van der Waals surface area contributed by atoms with Gasteiger partial charge in [0.1, 0.15) is 17.6 Å². The first kappa shape index (κ1) is 24.2. The van der Waals surface area contributed by atoms with Crippen LogP contribution in [0.15, 0.2) is 48.9 Å². The highest BCUT2D eigenvalue weighted by molar-refractivity contribution is 5.97. The van der Waals surface area contributed by atoms with Crippen molar-refractivity contribution in [1.82, 2.24) is 29.5 Å². The van der Waals surface area contributed by atoms with Crippen molar-refractivity contribution in [1.29, 1.82) is 0 Å². The highest BCUT2D eigenvalue weighted by atomic mass is 19.1. The van der Waals surface area contributed by atoms with Gasteiger partial charge in [-0.2, -0.15) is 10.2 Å². The van der Waals surface area contributed by atoms with Crippen LogP contribution in [0.4, 0.5) is 10.2 Å². The van der Waals surface area contributed by atoms with Crippen LogP contribution in [0.1, 0.15) is 55.3 Å². The fraction of sp³-hybridized carbons (Fsp3) is 0.269. The zero-order valence-electron chi connectivity index (χ0n) is 20.6. The van der Waals surface area contributed by atoms with Crippen LogP contribution in [-0.4, -0.2) is 35.4 Å². The minimum Gasteiger partial charge on any atom is -0.480 e. The summed E-state index contributed by atoms with van der Waals surface area (Å²) in [5, 5.41) is 10.3. The lowest BCUT2D eigenvalue weighted by atomic mass is 10.1. The standard InChI is InChI=1S/C26H27FN8O2/c1-3-4-5-8-35-26-17(14-31-35)11-21(34-9-6-7-30-34)23(33-26)15(2)37-22-12-16-10-18(25(29)36)19(27)13-20(16)32-24(22)28/h6-7,9-15H,3-5,8H2,1-2H3,(H2,28,32)(H2,29,36)/t15-/m0/s1. The van der Waals surface area contributed by atoms with Crippen molar-refractivity contribution in [2.75, 3.05) is 5.73 Å². The number of aryl methyl sites for hydroxylation is 1. The molecule has 0 radical (unpaired) electrons. The van der Waals surface area contributed by atoms with Crippen LogP contribution in [0.5, 0.6) is 5.75 Å². The Balaban J connectivity index is 1.55. The Morgan fingerprint density at radius 3 is 2.70 bits per heavy atom. The highest BCUT2D eigenvalue weighted by Gasteiger charge is 2.21. The van der Waals surface area contributed by atoms with Crippen LogP contribution in [0.2, 0.25) is 0 Å². The average molecular weight is 503 g/mol. The maximum Gasteiger partial charge on any atom is 0.251 e. The first-order valence-corrected chi connectivity index (χ1v) is 12.1. The van der Waals surface area contributed by atoms with Gasteiger partial charge in [-0.15, -0.1) is 0 Å². The second-order valence-corrected chi connectivity index (χ2v) is 8.85. The number of benzene rings is 1. The molecule has 1 aromatic carbocycles. The molecule has 10 nitrogen and oxygen atoms in total. The molecule has 0 bridgehead atoms. The van der Waals surface area contributed by atoms with E-state index in [2.05, 4.69) is 22.1 Å². The van der Waals surface area contributed by atoms with Gasteiger partial charge in [0.05, 0.1) is 23.0 Å². The number of primary amides is 1. The molecule has 5 aromatic rings. The fourth-order valence-corrected chi connectivity index (χ4v) is 4.30. The second kappa shape index (κ2) is 9.84. The summed E-state index contributed by atoms with van der Waals surface area (Å²) in [6.07, 6.45) is 7.97.